The van der Waals surface area contributed by atoms with Gasteiger partial charge in [-0.2, -0.15) is 4.98 Å². The van der Waals surface area contributed by atoms with Crippen LogP contribution in [-0.4, -0.2) is 15.1 Å². The lowest BCUT2D eigenvalue weighted by molar-refractivity contribution is 0.364. The molecule has 0 spiro atoms. The molecule has 6 heteroatoms. The minimum absolute atomic E-state index is 0.0795. The van der Waals surface area contributed by atoms with Crippen LogP contribution in [0.1, 0.15) is 50.4 Å². The highest BCUT2D eigenvalue weighted by Crippen LogP contribution is 2.36. The van der Waals surface area contributed by atoms with Gasteiger partial charge in [0.05, 0.1) is 5.25 Å². The van der Waals surface area contributed by atoms with Crippen molar-refractivity contribution >= 4 is 23.1 Å². The van der Waals surface area contributed by atoms with E-state index >= 15 is 0 Å². The molecular weight excluding hydrogens is 266 g/mol. The van der Waals surface area contributed by atoms with Gasteiger partial charge in [-0.25, -0.2) is 4.98 Å². The minimum atomic E-state index is -0.0795. The zero-order valence-corrected chi connectivity index (χ0v) is 12.9. The summed E-state index contributed by atoms with van der Waals surface area (Å²) < 4.78 is 6.36. The quantitative estimate of drug-likeness (QED) is 0.797. The van der Waals surface area contributed by atoms with Crippen LogP contribution in [0, 0.1) is 6.92 Å². The molecular formula is C12H17N3OS2. The molecule has 2 aromatic rings. The van der Waals surface area contributed by atoms with Crippen LogP contribution in [0.4, 0.5) is 0 Å². The van der Waals surface area contributed by atoms with Crippen molar-refractivity contribution in [1.29, 1.82) is 0 Å². The number of rotatable bonds is 3. The van der Waals surface area contributed by atoms with Crippen molar-refractivity contribution in [2.45, 2.75) is 49.6 Å². The number of nitrogens with zero attached hydrogens (tertiary/aromatic N) is 3. The highest BCUT2D eigenvalue weighted by molar-refractivity contribution is 8.01. The van der Waals surface area contributed by atoms with Gasteiger partial charge in [0.2, 0.25) is 5.89 Å². The van der Waals surface area contributed by atoms with Crippen LogP contribution in [0.25, 0.3) is 0 Å². The standard InChI is InChI=1S/C12H17N3OS2/c1-7-6-17-11(13-7)18-8(2)9-14-10(15-16-9)12(3,4)5/h6,8H,1-5H3. The molecule has 2 heterocycles. The van der Waals surface area contributed by atoms with Gasteiger partial charge in [0.25, 0.3) is 0 Å². The molecule has 0 bridgehead atoms. The molecule has 0 amide bonds. The molecule has 0 aliphatic rings. The van der Waals surface area contributed by atoms with Crippen molar-refractivity contribution in [2.75, 3.05) is 0 Å². The van der Waals surface area contributed by atoms with E-state index in [4.69, 9.17) is 4.52 Å². The van der Waals surface area contributed by atoms with Gasteiger partial charge in [-0.3, -0.25) is 0 Å². The second-order valence-corrected chi connectivity index (χ2v) is 7.67. The van der Waals surface area contributed by atoms with Gasteiger partial charge in [-0.05, 0) is 13.8 Å². The molecule has 1 unspecified atom stereocenters. The van der Waals surface area contributed by atoms with Crippen molar-refractivity contribution in [3.63, 3.8) is 0 Å². The number of thiazole rings is 1. The van der Waals surface area contributed by atoms with Crippen molar-refractivity contribution in [3.8, 4) is 0 Å². The normalized spacial score (nSPS) is 13.8. The van der Waals surface area contributed by atoms with E-state index in [0.29, 0.717) is 5.89 Å². The Bertz CT molecular complexity index is 527. The van der Waals surface area contributed by atoms with E-state index in [9.17, 15) is 0 Å². The molecule has 4 nitrogen and oxygen atoms in total. The van der Waals surface area contributed by atoms with E-state index in [0.717, 1.165) is 15.9 Å². The largest absolute Gasteiger partial charge is 0.338 e. The summed E-state index contributed by atoms with van der Waals surface area (Å²) in [5, 5.41) is 6.21. The Morgan fingerprint density at radius 3 is 2.56 bits per heavy atom. The second kappa shape index (κ2) is 5.01. The van der Waals surface area contributed by atoms with Gasteiger partial charge in [0.15, 0.2) is 10.2 Å². The van der Waals surface area contributed by atoms with Crippen LogP contribution in [0.2, 0.25) is 0 Å². The average molecular weight is 283 g/mol. The number of aromatic nitrogens is 3. The zero-order valence-electron chi connectivity index (χ0n) is 11.2. The maximum Gasteiger partial charge on any atom is 0.239 e. The minimum Gasteiger partial charge on any atom is -0.338 e. The van der Waals surface area contributed by atoms with Crippen molar-refractivity contribution in [2.24, 2.45) is 0 Å². The second-order valence-electron chi connectivity index (χ2n) is 5.22. The van der Waals surface area contributed by atoms with Crippen molar-refractivity contribution < 1.29 is 4.52 Å². The highest BCUT2D eigenvalue weighted by Gasteiger charge is 2.23. The zero-order chi connectivity index (χ0) is 13.3. The monoisotopic (exact) mass is 283 g/mol. The van der Waals surface area contributed by atoms with Gasteiger partial charge in [-0.15, -0.1) is 11.3 Å². The number of hydrogen-bond donors (Lipinski definition) is 0. The summed E-state index contributed by atoms with van der Waals surface area (Å²) in [6.07, 6.45) is 0. The summed E-state index contributed by atoms with van der Waals surface area (Å²) in [6.45, 7) is 10.3. The fraction of sp³-hybridized carbons (Fsp3) is 0.583. The molecule has 0 saturated heterocycles. The van der Waals surface area contributed by atoms with Gasteiger partial charge in [0.1, 0.15) is 0 Å². The molecule has 1 atom stereocenters. The lowest BCUT2D eigenvalue weighted by atomic mass is 9.96. The topological polar surface area (TPSA) is 51.8 Å². The summed E-state index contributed by atoms with van der Waals surface area (Å²) in [4.78, 5) is 8.89. The molecule has 2 aromatic heterocycles. The smallest absolute Gasteiger partial charge is 0.239 e. The van der Waals surface area contributed by atoms with E-state index in [1.165, 1.54) is 0 Å². The van der Waals surface area contributed by atoms with Crippen LogP contribution in [0.3, 0.4) is 0 Å². The Hall–Kier alpha value is -0.880. The van der Waals surface area contributed by atoms with E-state index < -0.39 is 0 Å². The van der Waals surface area contributed by atoms with Crippen molar-refractivity contribution in [3.05, 3.63) is 22.8 Å². The number of thioether (sulfide) groups is 1. The first-order valence-corrected chi connectivity index (χ1v) is 7.55. The predicted molar refractivity (Wildman–Crippen MR) is 74.1 cm³/mol. The molecule has 2 rings (SSSR count). The fourth-order valence-electron chi connectivity index (χ4n) is 1.29. The van der Waals surface area contributed by atoms with E-state index in [-0.39, 0.29) is 10.7 Å². The number of aryl methyl sites for hydroxylation is 1. The molecule has 0 aromatic carbocycles. The Morgan fingerprint density at radius 1 is 1.33 bits per heavy atom. The first kappa shape index (κ1) is 13.5. The van der Waals surface area contributed by atoms with Crippen LogP contribution in [0.5, 0.6) is 0 Å². The Morgan fingerprint density at radius 2 is 2.06 bits per heavy atom. The SMILES string of the molecule is Cc1csc(SC(C)c2nc(C(C)(C)C)no2)n1. The fourth-order valence-corrected chi connectivity index (χ4v) is 3.31. The maximum atomic E-state index is 5.33. The molecule has 18 heavy (non-hydrogen) atoms. The van der Waals surface area contributed by atoms with Crippen LogP contribution in [0.15, 0.2) is 14.2 Å². The van der Waals surface area contributed by atoms with Crippen LogP contribution < -0.4 is 0 Å². The predicted octanol–water partition coefficient (Wildman–Crippen LogP) is 3.99. The summed E-state index contributed by atoms with van der Waals surface area (Å²) in [7, 11) is 0. The first-order chi connectivity index (χ1) is 8.36. The van der Waals surface area contributed by atoms with Gasteiger partial charge >= 0.3 is 0 Å². The first-order valence-electron chi connectivity index (χ1n) is 5.79. The third kappa shape index (κ3) is 3.11. The average Bonchev–Trinajstić information content (AvgIpc) is 2.85. The lowest BCUT2D eigenvalue weighted by Crippen LogP contribution is -2.13. The molecule has 0 saturated carbocycles. The van der Waals surface area contributed by atoms with Gasteiger partial charge in [0, 0.05) is 16.5 Å². The van der Waals surface area contributed by atoms with Gasteiger partial charge in [-0.1, -0.05) is 37.7 Å². The summed E-state index contributed by atoms with van der Waals surface area (Å²) in [5.74, 6) is 1.41. The molecule has 0 aliphatic carbocycles. The Labute approximate surface area is 115 Å². The van der Waals surface area contributed by atoms with E-state index in [2.05, 4.69) is 42.8 Å². The summed E-state index contributed by atoms with van der Waals surface area (Å²) in [6, 6.07) is 0. The van der Waals surface area contributed by atoms with Crippen LogP contribution in [-0.2, 0) is 5.41 Å². The lowest BCUT2D eigenvalue weighted by Gasteiger charge is -2.11. The Kier molecular flexibility index (Phi) is 3.77. The highest BCUT2D eigenvalue weighted by atomic mass is 32.2. The number of hydrogen-bond acceptors (Lipinski definition) is 6. The van der Waals surface area contributed by atoms with E-state index in [1.807, 2.05) is 12.3 Å². The van der Waals surface area contributed by atoms with Crippen molar-refractivity contribution in [1.82, 2.24) is 15.1 Å². The maximum absolute atomic E-state index is 5.33. The molecule has 0 N–H and O–H groups in total. The van der Waals surface area contributed by atoms with Crippen LogP contribution >= 0.6 is 23.1 Å². The molecule has 0 aliphatic heterocycles. The molecule has 98 valence electrons. The third-order valence-electron chi connectivity index (χ3n) is 2.34. The summed E-state index contributed by atoms with van der Waals surface area (Å²) >= 11 is 3.30. The Balaban J connectivity index is 2.09. The molecule has 0 fully saturated rings. The summed E-state index contributed by atoms with van der Waals surface area (Å²) in [5.41, 5.74) is 0.972. The molecule has 0 radical (unpaired) electrons. The van der Waals surface area contributed by atoms with E-state index in [1.54, 1.807) is 23.1 Å². The third-order valence-corrected chi connectivity index (χ3v) is 4.51. The van der Waals surface area contributed by atoms with Gasteiger partial charge < -0.3 is 4.52 Å².